The SMILES string of the molecule is Cc1ccc(C)c(CS(=O)c2cc(Cl)ccc2N)c1. The fraction of sp³-hybridized carbons (Fsp3) is 0.200. The molecule has 0 saturated carbocycles. The van der Waals surface area contributed by atoms with E-state index in [0.29, 0.717) is 21.4 Å². The highest BCUT2D eigenvalue weighted by molar-refractivity contribution is 7.84. The van der Waals surface area contributed by atoms with Gasteiger partial charge in [0.25, 0.3) is 0 Å². The second-order valence-electron chi connectivity index (χ2n) is 4.60. The molecule has 2 N–H and O–H groups in total. The van der Waals surface area contributed by atoms with Crippen molar-refractivity contribution in [2.75, 3.05) is 5.73 Å². The second kappa shape index (κ2) is 5.76. The molecule has 2 aromatic carbocycles. The van der Waals surface area contributed by atoms with Gasteiger partial charge in [-0.3, -0.25) is 4.21 Å². The first-order chi connectivity index (χ1) is 8.97. The molecule has 4 heteroatoms. The van der Waals surface area contributed by atoms with Gasteiger partial charge in [0, 0.05) is 10.7 Å². The minimum atomic E-state index is -1.18. The standard InChI is InChI=1S/C15H16ClNOS/c1-10-3-4-11(2)12(7-10)9-19(18)15-8-13(16)5-6-14(15)17/h3-8H,9,17H2,1-2H3. The van der Waals surface area contributed by atoms with Gasteiger partial charge >= 0.3 is 0 Å². The molecule has 1 unspecified atom stereocenters. The molecule has 0 aliphatic rings. The monoisotopic (exact) mass is 293 g/mol. The van der Waals surface area contributed by atoms with Crippen LogP contribution in [0.5, 0.6) is 0 Å². The Morgan fingerprint density at radius 1 is 1.16 bits per heavy atom. The van der Waals surface area contributed by atoms with Crippen molar-refractivity contribution in [2.24, 2.45) is 0 Å². The van der Waals surface area contributed by atoms with E-state index >= 15 is 0 Å². The Bertz CT molecular complexity index is 640. The van der Waals surface area contributed by atoms with Crippen molar-refractivity contribution in [3.05, 3.63) is 58.1 Å². The molecule has 0 heterocycles. The molecule has 0 saturated heterocycles. The predicted octanol–water partition coefficient (Wildman–Crippen LogP) is 3.85. The number of anilines is 1. The minimum absolute atomic E-state index is 0.456. The molecule has 0 aliphatic carbocycles. The number of hydrogen-bond acceptors (Lipinski definition) is 2. The number of halogens is 1. The fourth-order valence-corrected chi connectivity index (χ4v) is 3.46. The van der Waals surface area contributed by atoms with Crippen LogP contribution in [0.25, 0.3) is 0 Å². The largest absolute Gasteiger partial charge is 0.398 e. The van der Waals surface area contributed by atoms with Crippen LogP contribution in [0.3, 0.4) is 0 Å². The number of benzene rings is 2. The molecule has 100 valence electrons. The lowest BCUT2D eigenvalue weighted by atomic mass is 10.1. The molecular weight excluding hydrogens is 278 g/mol. The van der Waals surface area contributed by atoms with E-state index in [4.69, 9.17) is 17.3 Å². The van der Waals surface area contributed by atoms with Gasteiger partial charge in [-0.2, -0.15) is 0 Å². The van der Waals surface area contributed by atoms with Crippen molar-refractivity contribution in [3.63, 3.8) is 0 Å². The molecule has 0 aromatic heterocycles. The fourth-order valence-electron chi connectivity index (χ4n) is 1.88. The first-order valence-corrected chi connectivity index (χ1v) is 7.66. The maximum atomic E-state index is 12.4. The van der Waals surface area contributed by atoms with Gasteiger partial charge < -0.3 is 5.73 Å². The van der Waals surface area contributed by atoms with Gasteiger partial charge in [-0.25, -0.2) is 0 Å². The van der Waals surface area contributed by atoms with Crippen LogP contribution in [0.4, 0.5) is 5.69 Å². The van der Waals surface area contributed by atoms with E-state index in [-0.39, 0.29) is 0 Å². The molecule has 2 rings (SSSR count). The van der Waals surface area contributed by atoms with Gasteiger partial charge in [0.05, 0.1) is 21.4 Å². The Balaban J connectivity index is 2.30. The van der Waals surface area contributed by atoms with Gasteiger partial charge in [0.2, 0.25) is 0 Å². The molecule has 1 atom stereocenters. The van der Waals surface area contributed by atoms with Crippen molar-refractivity contribution < 1.29 is 4.21 Å². The van der Waals surface area contributed by atoms with E-state index in [2.05, 4.69) is 12.1 Å². The highest BCUT2D eigenvalue weighted by Crippen LogP contribution is 2.24. The number of nitrogen functional groups attached to an aromatic ring is 1. The Hall–Kier alpha value is -1.32. The molecule has 2 aromatic rings. The third kappa shape index (κ3) is 3.37. The Morgan fingerprint density at radius 2 is 1.89 bits per heavy atom. The summed E-state index contributed by atoms with van der Waals surface area (Å²) in [5.74, 6) is 0.456. The molecule has 0 amide bonds. The van der Waals surface area contributed by atoms with Gasteiger partial charge in [-0.1, -0.05) is 35.4 Å². The predicted molar refractivity (Wildman–Crippen MR) is 81.9 cm³/mol. The normalized spacial score (nSPS) is 12.4. The van der Waals surface area contributed by atoms with Gasteiger partial charge in [-0.15, -0.1) is 0 Å². The number of hydrogen-bond donors (Lipinski definition) is 1. The zero-order valence-electron chi connectivity index (χ0n) is 10.9. The zero-order chi connectivity index (χ0) is 14.0. The van der Waals surface area contributed by atoms with E-state index in [1.807, 2.05) is 19.9 Å². The van der Waals surface area contributed by atoms with Crippen LogP contribution >= 0.6 is 11.6 Å². The van der Waals surface area contributed by atoms with E-state index < -0.39 is 10.8 Å². The highest BCUT2D eigenvalue weighted by Gasteiger charge is 2.11. The number of nitrogens with two attached hydrogens (primary N) is 1. The summed E-state index contributed by atoms with van der Waals surface area (Å²) in [5.41, 5.74) is 9.76. The van der Waals surface area contributed by atoms with Crippen LogP contribution in [0.15, 0.2) is 41.3 Å². The summed E-state index contributed by atoms with van der Waals surface area (Å²) in [5, 5.41) is 0.554. The number of aryl methyl sites for hydroxylation is 2. The van der Waals surface area contributed by atoms with Crippen LogP contribution in [-0.4, -0.2) is 4.21 Å². The lowest BCUT2D eigenvalue weighted by Gasteiger charge is -2.09. The average molecular weight is 294 g/mol. The quantitative estimate of drug-likeness (QED) is 0.874. The van der Waals surface area contributed by atoms with Crippen molar-refractivity contribution >= 4 is 28.1 Å². The molecule has 19 heavy (non-hydrogen) atoms. The summed E-state index contributed by atoms with van der Waals surface area (Å²) < 4.78 is 12.4. The summed E-state index contributed by atoms with van der Waals surface area (Å²) in [4.78, 5) is 0.605. The molecule has 0 spiro atoms. The Labute approximate surface area is 121 Å². The third-order valence-electron chi connectivity index (χ3n) is 3.01. The van der Waals surface area contributed by atoms with Crippen LogP contribution < -0.4 is 5.73 Å². The molecule has 2 nitrogen and oxygen atoms in total. The minimum Gasteiger partial charge on any atom is -0.398 e. The van der Waals surface area contributed by atoms with Crippen LogP contribution in [0.2, 0.25) is 5.02 Å². The summed E-state index contributed by atoms with van der Waals surface area (Å²) in [6.45, 7) is 4.05. The molecule has 0 aliphatic heterocycles. The van der Waals surface area contributed by atoms with Crippen LogP contribution in [0.1, 0.15) is 16.7 Å². The van der Waals surface area contributed by atoms with Crippen molar-refractivity contribution in [1.82, 2.24) is 0 Å². The summed E-state index contributed by atoms with van der Waals surface area (Å²) >= 11 is 5.93. The maximum absolute atomic E-state index is 12.4. The summed E-state index contributed by atoms with van der Waals surface area (Å²) in [6.07, 6.45) is 0. The molecule has 0 bridgehead atoms. The number of rotatable bonds is 3. The van der Waals surface area contributed by atoms with Crippen LogP contribution in [0, 0.1) is 13.8 Å². The highest BCUT2D eigenvalue weighted by atomic mass is 35.5. The van der Waals surface area contributed by atoms with E-state index in [1.54, 1.807) is 18.2 Å². The van der Waals surface area contributed by atoms with Gasteiger partial charge in [0.1, 0.15) is 0 Å². The van der Waals surface area contributed by atoms with Gasteiger partial charge in [0.15, 0.2) is 0 Å². The Morgan fingerprint density at radius 3 is 2.63 bits per heavy atom. The van der Waals surface area contributed by atoms with Crippen molar-refractivity contribution in [3.8, 4) is 0 Å². The lowest BCUT2D eigenvalue weighted by Crippen LogP contribution is -2.02. The molecule has 0 radical (unpaired) electrons. The topological polar surface area (TPSA) is 43.1 Å². The first kappa shape index (κ1) is 14.1. The van der Waals surface area contributed by atoms with E-state index in [9.17, 15) is 4.21 Å². The van der Waals surface area contributed by atoms with Crippen LogP contribution in [-0.2, 0) is 16.6 Å². The van der Waals surface area contributed by atoms with E-state index in [1.165, 1.54) is 0 Å². The first-order valence-electron chi connectivity index (χ1n) is 5.97. The van der Waals surface area contributed by atoms with E-state index in [0.717, 1.165) is 16.7 Å². The smallest absolute Gasteiger partial charge is 0.0635 e. The second-order valence-corrected chi connectivity index (χ2v) is 6.46. The van der Waals surface area contributed by atoms with Crippen molar-refractivity contribution in [1.29, 1.82) is 0 Å². The third-order valence-corrected chi connectivity index (χ3v) is 4.66. The maximum Gasteiger partial charge on any atom is 0.0635 e. The van der Waals surface area contributed by atoms with Gasteiger partial charge in [-0.05, 0) is 43.2 Å². The van der Waals surface area contributed by atoms with Crippen molar-refractivity contribution in [2.45, 2.75) is 24.5 Å². The molecular formula is C15H16ClNOS. The lowest BCUT2D eigenvalue weighted by molar-refractivity contribution is 0.683. The summed E-state index contributed by atoms with van der Waals surface area (Å²) in [6, 6.07) is 11.2. The average Bonchev–Trinajstić information content (AvgIpc) is 2.36. The summed E-state index contributed by atoms with van der Waals surface area (Å²) in [7, 11) is -1.18. The zero-order valence-corrected chi connectivity index (χ0v) is 12.5. The molecule has 0 fully saturated rings. The Kier molecular flexibility index (Phi) is 4.27.